The molecule has 0 aliphatic carbocycles. The highest BCUT2D eigenvalue weighted by molar-refractivity contribution is 4.88. The summed E-state index contributed by atoms with van der Waals surface area (Å²) < 4.78 is 0. The summed E-state index contributed by atoms with van der Waals surface area (Å²) in [5.74, 6) is 0. The molecule has 3 heteroatoms. The third-order valence-corrected chi connectivity index (χ3v) is 3.77. The molecule has 14 heavy (non-hydrogen) atoms. The summed E-state index contributed by atoms with van der Waals surface area (Å²) in [5.41, 5.74) is 5.63. The van der Waals surface area contributed by atoms with E-state index in [9.17, 15) is 0 Å². The minimum absolute atomic E-state index is 0.783. The Morgan fingerprint density at radius 3 is 2.93 bits per heavy atom. The highest BCUT2D eigenvalue weighted by Gasteiger charge is 2.32. The Morgan fingerprint density at radius 1 is 1.29 bits per heavy atom. The molecular weight excluding hydrogens is 174 g/mol. The fourth-order valence-corrected chi connectivity index (χ4v) is 2.94. The van der Waals surface area contributed by atoms with Crippen LogP contribution in [-0.4, -0.2) is 54.6 Å². The fraction of sp³-hybridized carbons (Fsp3) is 1.00. The van der Waals surface area contributed by atoms with Gasteiger partial charge in [-0.2, -0.15) is 0 Å². The Balaban J connectivity index is 1.96. The molecule has 2 rings (SSSR count). The smallest absolute Gasteiger partial charge is 0.0226 e. The molecule has 2 N–H and O–H groups in total. The number of hydrogen-bond acceptors (Lipinski definition) is 3. The molecule has 2 fully saturated rings. The van der Waals surface area contributed by atoms with E-state index in [-0.39, 0.29) is 0 Å². The maximum absolute atomic E-state index is 5.63. The maximum atomic E-state index is 5.63. The SMILES string of the molecule is CC1CCN(CCN)CC2CCCN12. The van der Waals surface area contributed by atoms with E-state index < -0.39 is 0 Å². The van der Waals surface area contributed by atoms with E-state index in [0.717, 1.165) is 25.2 Å². The van der Waals surface area contributed by atoms with Crippen molar-refractivity contribution in [3.05, 3.63) is 0 Å². The first-order valence-electron chi connectivity index (χ1n) is 5.99. The summed E-state index contributed by atoms with van der Waals surface area (Å²) in [6.45, 7) is 8.08. The first-order chi connectivity index (χ1) is 6.81. The highest BCUT2D eigenvalue weighted by Crippen LogP contribution is 2.25. The van der Waals surface area contributed by atoms with Crippen LogP contribution >= 0.6 is 0 Å². The first-order valence-corrected chi connectivity index (χ1v) is 5.99. The maximum Gasteiger partial charge on any atom is 0.0226 e. The topological polar surface area (TPSA) is 32.5 Å². The van der Waals surface area contributed by atoms with Crippen LogP contribution in [0.3, 0.4) is 0 Å². The number of rotatable bonds is 2. The van der Waals surface area contributed by atoms with Crippen molar-refractivity contribution in [3.8, 4) is 0 Å². The van der Waals surface area contributed by atoms with Crippen molar-refractivity contribution in [2.24, 2.45) is 5.73 Å². The van der Waals surface area contributed by atoms with Crippen LogP contribution in [0.1, 0.15) is 26.2 Å². The van der Waals surface area contributed by atoms with Crippen molar-refractivity contribution in [1.29, 1.82) is 0 Å². The van der Waals surface area contributed by atoms with Gasteiger partial charge in [0.25, 0.3) is 0 Å². The second kappa shape index (κ2) is 4.60. The highest BCUT2D eigenvalue weighted by atomic mass is 15.3. The molecule has 0 spiro atoms. The van der Waals surface area contributed by atoms with E-state index >= 15 is 0 Å². The van der Waals surface area contributed by atoms with Gasteiger partial charge in [0.05, 0.1) is 0 Å². The lowest BCUT2D eigenvalue weighted by Gasteiger charge is -2.28. The van der Waals surface area contributed by atoms with Crippen LogP contribution in [0, 0.1) is 0 Å². The van der Waals surface area contributed by atoms with E-state index in [1.165, 1.54) is 38.9 Å². The quantitative estimate of drug-likeness (QED) is 0.700. The predicted molar refractivity (Wildman–Crippen MR) is 59.3 cm³/mol. The molecule has 0 bridgehead atoms. The Hall–Kier alpha value is -0.120. The molecule has 0 radical (unpaired) electrons. The minimum Gasteiger partial charge on any atom is -0.329 e. The van der Waals surface area contributed by atoms with Crippen molar-refractivity contribution >= 4 is 0 Å². The lowest BCUT2D eigenvalue weighted by atomic mass is 10.2. The summed E-state index contributed by atoms with van der Waals surface area (Å²) in [6.07, 6.45) is 4.10. The summed E-state index contributed by atoms with van der Waals surface area (Å²) in [6, 6.07) is 1.60. The summed E-state index contributed by atoms with van der Waals surface area (Å²) in [4.78, 5) is 5.25. The van der Waals surface area contributed by atoms with Crippen molar-refractivity contribution in [3.63, 3.8) is 0 Å². The lowest BCUT2D eigenvalue weighted by molar-refractivity contribution is 0.188. The Morgan fingerprint density at radius 2 is 2.14 bits per heavy atom. The van der Waals surface area contributed by atoms with Gasteiger partial charge in [0.2, 0.25) is 0 Å². The molecule has 82 valence electrons. The number of nitrogens with two attached hydrogens (primary N) is 1. The first kappa shape index (κ1) is 10.4. The molecule has 2 aliphatic heterocycles. The van der Waals surface area contributed by atoms with Gasteiger partial charge in [-0.15, -0.1) is 0 Å². The molecule has 0 amide bonds. The zero-order valence-electron chi connectivity index (χ0n) is 9.28. The summed E-state index contributed by atoms with van der Waals surface area (Å²) in [7, 11) is 0. The van der Waals surface area contributed by atoms with Crippen molar-refractivity contribution < 1.29 is 0 Å². The van der Waals surface area contributed by atoms with Gasteiger partial charge in [-0.1, -0.05) is 0 Å². The molecule has 2 saturated heterocycles. The average Bonchev–Trinajstić information content (AvgIpc) is 2.57. The van der Waals surface area contributed by atoms with Crippen LogP contribution in [0.15, 0.2) is 0 Å². The predicted octanol–water partition coefficient (Wildman–Crippen LogP) is 0.504. The number of nitrogens with zero attached hydrogens (tertiary/aromatic N) is 2. The van der Waals surface area contributed by atoms with Gasteiger partial charge < -0.3 is 10.6 Å². The summed E-state index contributed by atoms with van der Waals surface area (Å²) in [5, 5.41) is 0. The third-order valence-electron chi connectivity index (χ3n) is 3.77. The van der Waals surface area contributed by atoms with Crippen LogP contribution < -0.4 is 5.73 Å². The molecule has 0 aromatic rings. The van der Waals surface area contributed by atoms with E-state index in [0.29, 0.717) is 0 Å². The summed E-state index contributed by atoms with van der Waals surface area (Å²) >= 11 is 0. The van der Waals surface area contributed by atoms with Crippen molar-refractivity contribution in [2.75, 3.05) is 32.7 Å². The lowest BCUT2D eigenvalue weighted by Crippen LogP contribution is -2.40. The van der Waals surface area contributed by atoms with Crippen LogP contribution in [0.5, 0.6) is 0 Å². The molecular formula is C11H23N3. The number of hydrogen-bond donors (Lipinski definition) is 1. The van der Waals surface area contributed by atoms with Crippen molar-refractivity contribution in [2.45, 2.75) is 38.3 Å². The van der Waals surface area contributed by atoms with Crippen LogP contribution in [0.2, 0.25) is 0 Å². The van der Waals surface area contributed by atoms with Gasteiger partial charge in [0.15, 0.2) is 0 Å². The molecule has 0 saturated carbocycles. The van der Waals surface area contributed by atoms with E-state index in [4.69, 9.17) is 5.73 Å². The standard InChI is InChI=1S/C11H23N3/c1-10-4-7-13(8-5-12)9-11-3-2-6-14(10)11/h10-11H,2-9,12H2,1H3. The molecule has 2 heterocycles. The second-order valence-electron chi connectivity index (χ2n) is 4.76. The molecule has 2 unspecified atom stereocenters. The van der Waals surface area contributed by atoms with Crippen molar-refractivity contribution in [1.82, 2.24) is 9.80 Å². The van der Waals surface area contributed by atoms with Crippen LogP contribution in [0.25, 0.3) is 0 Å². The molecule has 2 aliphatic rings. The molecule has 0 aromatic heterocycles. The molecule has 2 atom stereocenters. The Bertz CT molecular complexity index is 183. The number of fused-ring (bicyclic) bond motifs is 1. The Labute approximate surface area is 87.2 Å². The molecule has 3 nitrogen and oxygen atoms in total. The van der Waals surface area contributed by atoms with Crippen LogP contribution in [0.4, 0.5) is 0 Å². The van der Waals surface area contributed by atoms with E-state index in [2.05, 4.69) is 16.7 Å². The van der Waals surface area contributed by atoms with Gasteiger partial charge in [0.1, 0.15) is 0 Å². The fourth-order valence-electron chi connectivity index (χ4n) is 2.94. The largest absolute Gasteiger partial charge is 0.329 e. The molecule has 0 aromatic carbocycles. The van der Waals surface area contributed by atoms with Gasteiger partial charge in [-0.25, -0.2) is 0 Å². The van der Waals surface area contributed by atoms with Gasteiger partial charge in [0, 0.05) is 31.7 Å². The third kappa shape index (κ3) is 2.10. The normalized spacial score (nSPS) is 35.6. The second-order valence-corrected chi connectivity index (χ2v) is 4.76. The van der Waals surface area contributed by atoms with Crippen LogP contribution in [-0.2, 0) is 0 Å². The zero-order valence-corrected chi connectivity index (χ0v) is 9.28. The monoisotopic (exact) mass is 197 g/mol. The van der Waals surface area contributed by atoms with Gasteiger partial charge in [-0.3, -0.25) is 4.90 Å². The Kier molecular flexibility index (Phi) is 3.42. The van der Waals surface area contributed by atoms with E-state index in [1.54, 1.807) is 0 Å². The zero-order chi connectivity index (χ0) is 9.97. The van der Waals surface area contributed by atoms with E-state index in [1.807, 2.05) is 0 Å². The average molecular weight is 197 g/mol. The van der Waals surface area contributed by atoms with Gasteiger partial charge >= 0.3 is 0 Å². The minimum atomic E-state index is 0.783. The van der Waals surface area contributed by atoms with Gasteiger partial charge in [-0.05, 0) is 39.3 Å².